The van der Waals surface area contributed by atoms with E-state index < -0.39 is 26.6 Å². The summed E-state index contributed by atoms with van der Waals surface area (Å²) in [6, 6.07) is -0.909. The van der Waals surface area contributed by atoms with E-state index in [1.54, 1.807) is 6.08 Å². The smallest absolute Gasteiger partial charge is 0.268 e. The normalized spacial score (nSPS) is 14.4. The van der Waals surface area contributed by atoms with Crippen molar-refractivity contribution in [1.29, 1.82) is 0 Å². The molecule has 0 rings (SSSR count). The molecule has 0 aromatic rings. The summed E-state index contributed by atoms with van der Waals surface area (Å²) < 4.78 is 23.3. The minimum absolute atomic E-state index is 0.00889. The number of phosphoric ester groups is 1. The van der Waals surface area contributed by atoms with E-state index in [4.69, 9.17) is 9.05 Å². The van der Waals surface area contributed by atoms with Crippen molar-refractivity contribution in [2.45, 2.75) is 257 Å². The van der Waals surface area contributed by atoms with E-state index >= 15 is 0 Å². The summed E-state index contributed by atoms with van der Waals surface area (Å²) in [6.07, 6.45) is 60.4. The van der Waals surface area contributed by atoms with E-state index in [1.165, 1.54) is 167 Å². The summed E-state index contributed by atoms with van der Waals surface area (Å²) in [6.45, 7) is 4.62. The molecular formula is C55H105N2O6P. The number of aliphatic hydroxyl groups is 1. The van der Waals surface area contributed by atoms with Gasteiger partial charge in [-0.15, -0.1) is 0 Å². The van der Waals surface area contributed by atoms with E-state index in [2.05, 4.69) is 55.6 Å². The number of hydrogen-bond acceptors (Lipinski definition) is 6. The van der Waals surface area contributed by atoms with Crippen LogP contribution in [0, 0.1) is 0 Å². The van der Waals surface area contributed by atoms with Crippen molar-refractivity contribution in [2.75, 3.05) is 40.9 Å². The number of phosphoric acid groups is 1. The number of likely N-dealkylation sites (N-methyl/N-ethyl adjacent to an activating group) is 1. The molecule has 0 saturated heterocycles. The van der Waals surface area contributed by atoms with Crippen LogP contribution >= 0.6 is 7.82 Å². The second-order valence-corrected chi connectivity index (χ2v) is 21.0. The molecule has 0 spiro atoms. The van der Waals surface area contributed by atoms with Gasteiger partial charge < -0.3 is 28.8 Å². The van der Waals surface area contributed by atoms with Crippen molar-refractivity contribution >= 4 is 13.7 Å². The highest BCUT2D eigenvalue weighted by Gasteiger charge is 2.23. The second kappa shape index (κ2) is 46.6. The lowest BCUT2D eigenvalue weighted by Gasteiger charge is -2.29. The van der Waals surface area contributed by atoms with Gasteiger partial charge in [0.2, 0.25) is 5.91 Å². The minimum atomic E-state index is -4.61. The van der Waals surface area contributed by atoms with Gasteiger partial charge in [0.05, 0.1) is 39.9 Å². The quantitative estimate of drug-likeness (QED) is 0.0272. The third kappa shape index (κ3) is 48.4. The second-order valence-electron chi connectivity index (χ2n) is 19.6. The number of quaternary nitrogens is 1. The Morgan fingerprint density at radius 2 is 0.922 bits per heavy atom. The van der Waals surface area contributed by atoms with Crippen molar-refractivity contribution in [1.82, 2.24) is 5.32 Å². The topological polar surface area (TPSA) is 108 Å². The number of carbonyl (C=O) groups excluding carboxylic acids is 1. The molecule has 376 valence electrons. The van der Waals surface area contributed by atoms with Crippen LogP contribution in [-0.2, 0) is 18.4 Å². The van der Waals surface area contributed by atoms with Crippen LogP contribution in [0.1, 0.15) is 245 Å². The molecule has 0 aromatic carbocycles. The van der Waals surface area contributed by atoms with Gasteiger partial charge in [-0.3, -0.25) is 9.36 Å². The summed E-state index contributed by atoms with van der Waals surface area (Å²) in [5.41, 5.74) is 0. The SMILES string of the molecule is CCCCCC/C=C\C/C=C\CCCCCCCCCC(=O)NC(COP(=O)([O-])OCC[N+](C)(C)C)C(O)/C=C/CC/C=C/CCCCCCCCCCCCCCCCCCCC. The largest absolute Gasteiger partial charge is 0.756 e. The summed E-state index contributed by atoms with van der Waals surface area (Å²) in [5, 5.41) is 13.8. The first-order chi connectivity index (χ1) is 31.0. The van der Waals surface area contributed by atoms with Gasteiger partial charge in [-0.05, 0) is 64.2 Å². The molecule has 3 atom stereocenters. The van der Waals surface area contributed by atoms with Crippen molar-refractivity contribution in [3.63, 3.8) is 0 Å². The molecule has 3 unspecified atom stereocenters. The molecule has 9 heteroatoms. The molecule has 0 saturated carbocycles. The Morgan fingerprint density at radius 1 is 0.547 bits per heavy atom. The zero-order valence-corrected chi connectivity index (χ0v) is 43.6. The van der Waals surface area contributed by atoms with E-state index in [0.717, 1.165) is 57.8 Å². The van der Waals surface area contributed by atoms with Gasteiger partial charge in [0.25, 0.3) is 7.82 Å². The lowest BCUT2D eigenvalue weighted by molar-refractivity contribution is -0.870. The first-order valence-corrected chi connectivity index (χ1v) is 28.5. The molecule has 0 heterocycles. The molecule has 0 radical (unpaired) electrons. The zero-order valence-electron chi connectivity index (χ0n) is 42.7. The molecule has 2 N–H and O–H groups in total. The maximum atomic E-state index is 12.9. The highest BCUT2D eigenvalue weighted by molar-refractivity contribution is 7.45. The van der Waals surface area contributed by atoms with Gasteiger partial charge in [0.1, 0.15) is 13.2 Å². The number of allylic oxidation sites excluding steroid dienone is 7. The van der Waals surface area contributed by atoms with Gasteiger partial charge in [-0.2, -0.15) is 0 Å². The van der Waals surface area contributed by atoms with Crippen LogP contribution in [-0.4, -0.2) is 68.5 Å². The average Bonchev–Trinajstić information content (AvgIpc) is 3.25. The molecule has 8 nitrogen and oxygen atoms in total. The van der Waals surface area contributed by atoms with E-state index in [0.29, 0.717) is 17.4 Å². The molecule has 0 aliphatic carbocycles. The first-order valence-electron chi connectivity index (χ1n) is 27.0. The summed E-state index contributed by atoms with van der Waals surface area (Å²) in [5.74, 6) is -0.214. The maximum absolute atomic E-state index is 12.9. The summed E-state index contributed by atoms with van der Waals surface area (Å²) >= 11 is 0. The van der Waals surface area contributed by atoms with E-state index in [-0.39, 0.29) is 12.5 Å². The molecular weight excluding hydrogens is 816 g/mol. The number of carbonyl (C=O) groups is 1. The number of nitrogens with zero attached hydrogens (tertiary/aromatic N) is 1. The lowest BCUT2D eigenvalue weighted by atomic mass is 10.0. The van der Waals surface area contributed by atoms with Crippen LogP contribution < -0.4 is 10.2 Å². The average molecular weight is 921 g/mol. The van der Waals surface area contributed by atoms with Crippen molar-refractivity contribution < 1.29 is 32.9 Å². The number of amides is 1. The highest BCUT2D eigenvalue weighted by Crippen LogP contribution is 2.38. The maximum Gasteiger partial charge on any atom is 0.268 e. The summed E-state index contributed by atoms with van der Waals surface area (Å²) in [7, 11) is 1.24. The number of hydrogen-bond donors (Lipinski definition) is 2. The number of nitrogens with one attached hydrogen (secondary N) is 1. The van der Waals surface area contributed by atoms with Gasteiger partial charge >= 0.3 is 0 Å². The Kier molecular flexibility index (Phi) is 45.4. The standard InChI is InChI=1S/C55H105N2O6P/c1-6-8-10-12-14-16-18-20-22-24-26-27-28-29-30-31-32-34-36-38-40-42-44-46-48-54(58)53(52-63-64(60,61)62-51-50-57(3,4)5)56-55(59)49-47-45-43-41-39-37-35-33-25-23-21-19-17-15-13-11-9-7-2/h17,19,23,25,38,40,46,48,53-54,58H,6-16,18,20-22,24,26-37,39,41-45,47,49-52H2,1-5H3,(H-,56,59,60,61)/b19-17-,25-23-,40-38+,48-46+. The zero-order chi connectivity index (χ0) is 47.1. The third-order valence-electron chi connectivity index (χ3n) is 12.0. The van der Waals surface area contributed by atoms with Gasteiger partial charge in [-0.25, -0.2) is 0 Å². The Balaban J connectivity index is 4.32. The molecule has 0 aliphatic rings. The molecule has 0 aliphatic heterocycles. The summed E-state index contributed by atoms with van der Waals surface area (Å²) in [4.78, 5) is 25.4. The number of aliphatic hydroxyl groups excluding tert-OH is 1. The monoisotopic (exact) mass is 921 g/mol. The Hall–Kier alpha value is -1.54. The fourth-order valence-electron chi connectivity index (χ4n) is 7.73. The van der Waals surface area contributed by atoms with Crippen LogP contribution in [0.3, 0.4) is 0 Å². The molecule has 1 amide bonds. The lowest BCUT2D eigenvalue weighted by Crippen LogP contribution is -2.45. The van der Waals surface area contributed by atoms with Crippen molar-refractivity contribution in [3.8, 4) is 0 Å². The molecule has 0 bridgehead atoms. The van der Waals surface area contributed by atoms with Gasteiger partial charge in [0.15, 0.2) is 0 Å². The first kappa shape index (κ1) is 62.5. The Labute approximate surface area is 397 Å². The number of rotatable bonds is 49. The predicted molar refractivity (Wildman–Crippen MR) is 274 cm³/mol. The minimum Gasteiger partial charge on any atom is -0.756 e. The van der Waals surface area contributed by atoms with E-state index in [1.807, 2.05) is 27.2 Å². The van der Waals surface area contributed by atoms with Crippen molar-refractivity contribution in [3.05, 3.63) is 48.6 Å². The van der Waals surface area contributed by atoms with Crippen LogP contribution in [0.15, 0.2) is 48.6 Å². The third-order valence-corrected chi connectivity index (χ3v) is 13.0. The highest BCUT2D eigenvalue weighted by atomic mass is 31.2. The predicted octanol–water partition coefficient (Wildman–Crippen LogP) is 15.3. The van der Waals surface area contributed by atoms with Crippen LogP contribution in [0.4, 0.5) is 0 Å². The fourth-order valence-corrected chi connectivity index (χ4v) is 8.45. The number of unbranched alkanes of at least 4 members (excludes halogenated alkanes) is 30. The molecule has 64 heavy (non-hydrogen) atoms. The van der Waals surface area contributed by atoms with Gasteiger partial charge in [0, 0.05) is 6.42 Å². The van der Waals surface area contributed by atoms with E-state index in [9.17, 15) is 19.4 Å². The van der Waals surface area contributed by atoms with Crippen LogP contribution in [0.25, 0.3) is 0 Å². The fraction of sp³-hybridized carbons (Fsp3) is 0.836. The Bertz CT molecular complexity index is 1180. The van der Waals surface area contributed by atoms with Crippen molar-refractivity contribution in [2.24, 2.45) is 0 Å². The van der Waals surface area contributed by atoms with Crippen LogP contribution in [0.2, 0.25) is 0 Å². The van der Waals surface area contributed by atoms with Crippen LogP contribution in [0.5, 0.6) is 0 Å². The molecule has 0 fully saturated rings. The van der Waals surface area contributed by atoms with Gasteiger partial charge in [-0.1, -0.05) is 223 Å². The Morgan fingerprint density at radius 3 is 1.38 bits per heavy atom. The molecule has 0 aromatic heterocycles.